The van der Waals surface area contributed by atoms with E-state index in [1.807, 2.05) is 6.92 Å². The van der Waals surface area contributed by atoms with Gasteiger partial charge in [0.05, 0.1) is 70.0 Å². The average molecular weight is 1410 g/mol. The standard InChI is InChI=1S/C20H22F2N6O4S.C20H23FN6O4S.C19H20F2N6O4S/c1-11-6-5-7-13(10-11)17(18(21)22)32-20(29)24-19-16(25-27-28(19)3)15-9-8-14(12(2)23-15)26-33(4,30)31;1-11-6-7-15(21)14(10-11)13(3)31-20(28)23-19-18(24-26-27(19)4)17-9-8-16(12(2)22-17)25-32(5,29)30;1-11-13(25-32(3,29)30)9-10-14(22-11)15-18(27(2)26-24-15)23-19(28)31-16(17(20)21)12-7-5-4-6-8-12/h5-10,17-18,26H,1-4H3,(H,24,29);6-10,13,25H,1-5H3,(H,23,28);4-10,16-17,25H,1-3H3,(H,23,28)/t17-;13-;16-/m010/s1. The van der Waals surface area contributed by atoms with E-state index >= 15 is 0 Å². The van der Waals surface area contributed by atoms with Crippen molar-refractivity contribution in [1.82, 2.24) is 59.9 Å². The quantitative estimate of drug-likeness (QED) is 0.0305. The van der Waals surface area contributed by atoms with Crippen LogP contribution in [0.5, 0.6) is 0 Å². The number of nitrogens with one attached hydrogen (secondary N) is 6. The van der Waals surface area contributed by atoms with Crippen LogP contribution in [0.15, 0.2) is 109 Å². The molecule has 0 unspecified atom stereocenters. The minimum atomic E-state index is -3.50. The topological polar surface area (TPSA) is 384 Å². The summed E-state index contributed by atoms with van der Waals surface area (Å²) in [6, 6.07) is 27.5. The number of alkyl halides is 4. The fourth-order valence-electron chi connectivity index (χ4n) is 8.84. The van der Waals surface area contributed by atoms with Crippen LogP contribution in [-0.2, 0) is 65.4 Å². The number of pyridine rings is 3. The highest BCUT2D eigenvalue weighted by Gasteiger charge is 2.31. The lowest BCUT2D eigenvalue weighted by molar-refractivity contribution is -0.0143. The van der Waals surface area contributed by atoms with E-state index in [1.165, 1.54) is 88.8 Å². The Morgan fingerprint density at radius 1 is 0.454 bits per heavy atom. The average Bonchev–Trinajstić information content (AvgIpc) is 1.73. The predicted molar refractivity (Wildman–Crippen MR) is 347 cm³/mol. The van der Waals surface area contributed by atoms with Gasteiger partial charge >= 0.3 is 18.3 Å². The molecule has 0 aliphatic heterocycles. The van der Waals surface area contributed by atoms with Crippen LogP contribution in [0.1, 0.15) is 70.1 Å². The van der Waals surface area contributed by atoms with Crippen molar-refractivity contribution < 1.29 is 75.8 Å². The molecule has 0 bridgehead atoms. The number of aryl methyl sites for hydroxylation is 8. The Balaban J connectivity index is 0.000000205. The van der Waals surface area contributed by atoms with E-state index in [0.29, 0.717) is 28.5 Å². The van der Waals surface area contributed by atoms with Gasteiger partial charge in [0, 0.05) is 26.7 Å². The highest BCUT2D eigenvalue weighted by Crippen LogP contribution is 2.33. The number of hydrogen-bond donors (Lipinski definition) is 6. The first-order chi connectivity index (χ1) is 45.4. The van der Waals surface area contributed by atoms with Crippen LogP contribution in [0.3, 0.4) is 0 Å². The van der Waals surface area contributed by atoms with Gasteiger partial charge in [-0.1, -0.05) is 87.4 Å². The van der Waals surface area contributed by atoms with Crippen molar-refractivity contribution in [3.05, 3.63) is 160 Å². The largest absolute Gasteiger partial charge is 0.441 e. The summed E-state index contributed by atoms with van der Waals surface area (Å²) in [6.07, 6.45) is -10.2. The number of carbonyl (C=O) groups excluding carboxylic acids is 3. The molecule has 38 heteroatoms. The molecule has 0 aliphatic rings. The number of sulfonamides is 3. The van der Waals surface area contributed by atoms with Crippen LogP contribution in [0, 0.1) is 40.4 Å². The minimum absolute atomic E-state index is 0.0619. The molecule has 9 aromatic rings. The summed E-state index contributed by atoms with van der Waals surface area (Å²) in [7, 11) is -5.91. The number of aromatic nitrogens is 12. The highest BCUT2D eigenvalue weighted by molar-refractivity contribution is 7.92. The van der Waals surface area contributed by atoms with Crippen molar-refractivity contribution in [3.8, 4) is 34.2 Å². The Morgan fingerprint density at radius 3 is 1.15 bits per heavy atom. The van der Waals surface area contributed by atoms with E-state index in [-0.39, 0.29) is 74.0 Å². The molecule has 6 N–H and O–H groups in total. The molecular weight excluding hydrogens is 1340 g/mol. The maximum atomic E-state index is 14.1. The second-order valence-corrected chi connectivity index (χ2v) is 26.7. The van der Waals surface area contributed by atoms with Gasteiger partial charge in [-0.05, 0) is 101 Å². The molecule has 3 atom stereocenters. The molecule has 516 valence electrons. The summed E-state index contributed by atoms with van der Waals surface area (Å²) in [5.41, 5.74) is 5.61. The molecule has 0 spiro atoms. The molecule has 9 rings (SSSR count). The Kier molecular flexibility index (Phi) is 23.7. The van der Waals surface area contributed by atoms with Crippen LogP contribution in [0.25, 0.3) is 34.2 Å². The molecule has 3 amide bonds. The number of amides is 3. The summed E-state index contributed by atoms with van der Waals surface area (Å²) >= 11 is 0. The number of carbonyl (C=O) groups is 3. The minimum Gasteiger partial charge on any atom is -0.441 e. The molecular formula is C59H65F5N18O12S3. The first-order valence-corrected chi connectivity index (χ1v) is 34.0. The highest BCUT2D eigenvalue weighted by atomic mass is 32.2. The van der Waals surface area contributed by atoms with Gasteiger partial charge in [-0.25, -0.2) is 90.6 Å². The van der Waals surface area contributed by atoms with Crippen molar-refractivity contribution in [3.63, 3.8) is 0 Å². The maximum Gasteiger partial charge on any atom is 0.413 e. The second-order valence-electron chi connectivity index (χ2n) is 21.4. The van der Waals surface area contributed by atoms with Crippen LogP contribution < -0.4 is 30.1 Å². The second kappa shape index (κ2) is 31.2. The van der Waals surface area contributed by atoms with Gasteiger partial charge in [0.15, 0.2) is 46.7 Å². The lowest BCUT2D eigenvalue weighted by atomic mass is 10.1. The first-order valence-electron chi connectivity index (χ1n) is 28.4. The molecule has 6 aromatic heterocycles. The fourth-order valence-corrected chi connectivity index (χ4v) is 10.7. The smallest absolute Gasteiger partial charge is 0.413 e. The van der Waals surface area contributed by atoms with Crippen molar-refractivity contribution in [2.45, 2.75) is 72.7 Å². The molecule has 3 aromatic carbocycles. The van der Waals surface area contributed by atoms with Gasteiger partial charge < -0.3 is 14.2 Å². The number of halogens is 5. The zero-order valence-electron chi connectivity index (χ0n) is 53.7. The number of benzene rings is 3. The van der Waals surface area contributed by atoms with Gasteiger partial charge in [-0.15, -0.1) is 15.3 Å². The third kappa shape index (κ3) is 20.6. The maximum absolute atomic E-state index is 14.1. The molecule has 30 nitrogen and oxygen atoms in total. The van der Waals surface area contributed by atoms with Gasteiger partial charge in [-0.3, -0.25) is 30.1 Å². The fraction of sp³-hybridized carbons (Fsp3) is 0.288. The van der Waals surface area contributed by atoms with Gasteiger partial charge in [0.1, 0.15) is 11.9 Å². The molecule has 6 heterocycles. The van der Waals surface area contributed by atoms with Crippen molar-refractivity contribution in [1.29, 1.82) is 0 Å². The van der Waals surface area contributed by atoms with Crippen LogP contribution in [0.4, 0.5) is 70.9 Å². The molecule has 0 radical (unpaired) electrons. The lowest BCUT2D eigenvalue weighted by Crippen LogP contribution is -2.23. The number of ether oxygens (including phenoxy) is 3. The normalized spacial score (nSPS) is 12.4. The predicted octanol–water partition coefficient (Wildman–Crippen LogP) is 9.85. The summed E-state index contributed by atoms with van der Waals surface area (Å²) in [4.78, 5) is 50.3. The van der Waals surface area contributed by atoms with Crippen molar-refractivity contribution in [2.75, 3.05) is 48.9 Å². The first kappa shape index (κ1) is 73.6. The third-order valence-corrected chi connectivity index (χ3v) is 15.1. The van der Waals surface area contributed by atoms with Crippen molar-refractivity contribution in [2.24, 2.45) is 21.1 Å². The number of hydrogen-bond acceptors (Lipinski definition) is 21. The summed E-state index contributed by atoms with van der Waals surface area (Å²) in [6.45, 7) is 9.93. The van der Waals surface area contributed by atoms with E-state index in [4.69, 9.17) is 14.2 Å². The van der Waals surface area contributed by atoms with Gasteiger partial charge in [0.2, 0.25) is 30.1 Å². The Hall–Kier alpha value is -10.8. The Morgan fingerprint density at radius 2 is 0.804 bits per heavy atom. The number of rotatable bonds is 20. The summed E-state index contributed by atoms with van der Waals surface area (Å²) < 4.78 is 163. The van der Waals surface area contributed by atoms with E-state index in [2.05, 4.69) is 76.0 Å². The van der Waals surface area contributed by atoms with Crippen LogP contribution >= 0.6 is 0 Å². The third-order valence-electron chi connectivity index (χ3n) is 13.3. The van der Waals surface area contributed by atoms with E-state index in [9.17, 15) is 61.6 Å². The lowest BCUT2D eigenvalue weighted by Gasteiger charge is -2.18. The van der Waals surface area contributed by atoms with Gasteiger partial charge in [0.25, 0.3) is 12.9 Å². The van der Waals surface area contributed by atoms with E-state index in [0.717, 1.165) is 29.9 Å². The van der Waals surface area contributed by atoms with Crippen molar-refractivity contribution >= 4 is 82.9 Å². The summed E-state index contributed by atoms with van der Waals surface area (Å²) in [5, 5.41) is 30.8. The molecule has 97 heavy (non-hydrogen) atoms. The summed E-state index contributed by atoms with van der Waals surface area (Å²) in [5.74, 6) is -0.135. The molecule has 0 aliphatic carbocycles. The SMILES string of the molecule is Cc1ccc(F)c([C@@H](C)OC(=O)Nc2c(-c3ccc(NS(C)(=O)=O)c(C)n3)nnn2C)c1.Cc1cccc([C@H](OC(=O)Nc2c(-c3ccc(NS(C)(=O)=O)c(C)n3)nnn2C)C(F)F)c1.Cc1nc(-c2nnn(C)c2NC(=O)O[C@@H](c2ccccc2)C(F)F)ccc1NS(C)(=O)=O. The molecule has 0 saturated carbocycles. The van der Waals surface area contributed by atoms with E-state index in [1.54, 1.807) is 90.2 Å². The number of anilines is 6. The number of nitrogens with zero attached hydrogens (tertiary/aromatic N) is 12. The Labute approximate surface area is 552 Å². The Bertz CT molecular complexity index is 4700. The zero-order valence-corrected chi connectivity index (χ0v) is 56.1. The van der Waals surface area contributed by atoms with Gasteiger partial charge in [-0.2, -0.15) is 0 Å². The zero-order chi connectivity index (χ0) is 71.4. The monoisotopic (exact) mass is 1410 g/mol. The molecule has 0 fully saturated rings. The van der Waals surface area contributed by atoms with Crippen LogP contribution in [0.2, 0.25) is 0 Å². The van der Waals surface area contributed by atoms with E-state index < -0.39 is 85.3 Å². The van der Waals surface area contributed by atoms with Crippen LogP contribution in [-0.4, -0.2) is 135 Å². The molecule has 0 saturated heterocycles.